The van der Waals surface area contributed by atoms with Crippen molar-refractivity contribution in [2.24, 2.45) is 11.8 Å². The van der Waals surface area contributed by atoms with Gasteiger partial charge in [0.25, 0.3) is 0 Å². The number of hydrogen-bond donors (Lipinski definition) is 1. The first-order valence-corrected chi connectivity index (χ1v) is 8.77. The molecule has 0 spiro atoms. The van der Waals surface area contributed by atoms with E-state index < -0.39 is 12.0 Å². The predicted molar refractivity (Wildman–Crippen MR) is 85.7 cm³/mol. The zero-order valence-corrected chi connectivity index (χ0v) is 14.2. The van der Waals surface area contributed by atoms with Crippen LogP contribution in [0.1, 0.15) is 52.4 Å². The van der Waals surface area contributed by atoms with Gasteiger partial charge in [0.05, 0.1) is 5.92 Å². The molecule has 2 amide bonds. The minimum atomic E-state index is -0.915. The highest BCUT2D eigenvalue weighted by atomic mass is 16.4. The average molecular weight is 324 g/mol. The van der Waals surface area contributed by atoms with Crippen LogP contribution in [0.5, 0.6) is 0 Å². The molecule has 0 saturated carbocycles. The lowest BCUT2D eigenvalue weighted by molar-refractivity contribution is -0.155. The Morgan fingerprint density at radius 3 is 2.52 bits per heavy atom. The predicted octanol–water partition coefficient (Wildman–Crippen LogP) is 1.74. The summed E-state index contributed by atoms with van der Waals surface area (Å²) in [4.78, 5) is 39.9. The molecule has 2 fully saturated rings. The third-order valence-corrected chi connectivity index (χ3v) is 5.19. The van der Waals surface area contributed by atoms with Gasteiger partial charge in [-0.3, -0.25) is 9.59 Å². The standard InChI is InChI=1S/C17H28N2O4/c1-3-12(2)15(20)18-9-6-7-13(11-18)16(21)19-10-5-4-8-14(19)17(22)23/h12-14H,3-11H2,1-2H3,(H,22,23)/t12?,13?,14-/m1/s1. The van der Waals surface area contributed by atoms with Gasteiger partial charge in [0.1, 0.15) is 6.04 Å². The maximum absolute atomic E-state index is 12.8. The number of carboxylic acid groups (broad SMARTS) is 1. The lowest BCUT2D eigenvalue weighted by Gasteiger charge is -2.39. The first-order chi connectivity index (χ1) is 11.0. The maximum Gasteiger partial charge on any atom is 0.326 e. The molecule has 6 heteroatoms. The first-order valence-electron chi connectivity index (χ1n) is 8.77. The maximum atomic E-state index is 12.8. The van der Waals surface area contributed by atoms with E-state index in [1.54, 1.807) is 4.90 Å². The summed E-state index contributed by atoms with van der Waals surface area (Å²) in [5, 5.41) is 9.34. The Morgan fingerprint density at radius 2 is 1.87 bits per heavy atom. The number of likely N-dealkylation sites (tertiary alicyclic amines) is 2. The Bertz CT molecular complexity index is 466. The highest BCUT2D eigenvalue weighted by Crippen LogP contribution is 2.25. The van der Waals surface area contributed by atoms with Gasteiger partial charge in [0.15, 0.2) is 0 Å². The summed E-state index contributed by atoms with van der Waals surface area (Å²) >= 11 is 0. The number of carbonyl (C=O) groups is 3. The van der Waals surface area contributed by atoms with Gasteiger partial charge in [-0.05, 0) is 38.5 Å². The van der Waals surface area contributed by atoms with Crippen molar-refractivity contribution < 1.29 is 19.5 Å². The summed E-state index contributed by atoms with van der Waals surface area (Å²) < 4.78 is 0. The molecule has 0 aromatic heterocycles. The summed E-state index contributed by atoms with van der Waals surface area (Å²) in [6, 6.07) is -0.697. The van der Waals surface area contributed by atoms with E-state index in [1.165, 1.54) is 4.90 Å². The average Bonchev–Trinajstić information content (AvgIpc) is 2.59. The molecule has 0 aromatic rings. The van der Waals surface area contributed by atoms with Crippen molar-refractivity contribution in [2.45, 2.75) is 58.4 Å². The molecule has 0 radical (unpaired) electrons. The second-order valence-corrected chi connectivity index (χ2v) is 6.81. The fourth-order valence-electron chi connectivity index (χ4n) is 3.55. The molecule has 0 aromatic carbocycles. The minimum absolute atomic E-state index is 0.0226. The van der Waals surface area contributed by atoms with Crippen LogP contribution in [0.4, 0.5) is 0 Å². The van der Waals surface area contributed by atoms with Gasteiger partial charge in [-0.1, -0.05) is 13.8 Å². The third kappa shape index (κ3) is 4.03. The summed E-state index contributed by atoms with van der Waals surface area (Å²) in [5.74, 6) is -1.17. The van der Waals surface area contributed by atoms with E-state index in [1.807, 2.05) is 13.8 Å². The highest BCUT2D eigenvalue weighted by molar-refractivity contribution is 5.86. The Hall–Kier alpha value is -1.59. The molecule has 2 heterocycles. The first kappa shape index (κ1) is 17.8. The van der Waals surface area contributed by atoms with Crippen molar-refractivity contribution in [3.05, 3.63) is 0 Å². The monoisotopic (exact) mass is 324 g/mol. The van der Waals surface area contributed by atoms with E-state index in [9.17, 15) is 19.5 Å². The molecule has 2 saturated heterocycles. The van der Waals surface area contributed by atoms with Crippen LogP contribution in [0.25, 0.3) is 0 Å². The van der Waals surface area contributed by atoms with Crippen molar-refractivity contribution in [2.75, 3.05) is 19.6 Å². The zero-order chi connectivity index (χ0) is 17.0. The second-order valence-electron chi connectivity index (χ2n) is 6.81. The van der Waals surface area contributed by atoms with Crippen molar-refractivity contribution >= 4 is 17.8 Å². The van der Waals surface area contributed by atoms with Crippen molar-refractivity contribution in [3.63, 3.8) is 0 Å². The van der Waals surface area contributed by atoms with E-state index in [2.05, 4.69) is 0 Å². The molecule has 1 N–H and O–H groups in total. The van der Waals surface area contributed by atoms with Crippen LogP contribution in [0, 0.1) is 11.8 Å². The van der Waals surface area contributed by atoms with E-state index in [4.69, 9.17) is 0 Å². The molecule has 2 unspecified atom stereocenters. The van der Waals surface area contributed by atoms with Crippen LogP contribution in [-0.4, -0.2) is 58.4 Å². The summed E-state index contributed by atoms with van der Waals surface area (Å²) in [7, 11) is 0. The van der Waals surface area contributed by atoms with Crippen LogP contribution < -0.4 is 0 Å². The van der Waals surface area contributed by atoms with Crippen LogP contribution in [0.2, 0.25) is 0 Å². The number of hydrogen-bond acceptors (Lipinski definition) is 3. The zero-order valence-electron chi connectivity index (χ0n) is 14.2. The highest BCUT2D eigenvalue weighted by Gasteiger charge is 2.37. The number of aliphatic carboxylic acids is 1. The van der Waals surface area contributed by atoms with Crippen molar-refractivity contribution in [1.82, 2.24) is 9.80 Å². The Kier molecular flexibility index (Phi) is 6.02. The van der Waals surface area contributed by atoms with Crippen LogP contribution in [-0.2, 0) is 14.4 Å². The molecule has 0 aliphatic carbocycles. The largest absolute Gasteiger partial charge is 0.480 e. The van der Waals surface area contributed by atoms with Crippen molar-refractivity contribution in [1.29, 1.82) is 0 Å². The quantitative estimate of drug-likeness (QED) is 0.854. The SMILES string of the molecule is CCC(C)C(=O)N1CCCC(C(=O)N2CCCC[C@@H]2C(=O)O)C1. The molecular formula is C17H28N2O4. The van der Waals surface area contributed by atoms with Gasteiger partial charge in [0.2, 0.25) is 11.8 Å². The lowest BCUT2D eigenvalue weighted by Crippen LogP contribution is -2.53. The molecule has 130 valence electrons. The second kappa shape index (κ2) is 7.79. The molecule has 6 nitrogen and oxygen atoms in total. The summed E-state index contributed by atoms with van der Waals surface area (Å²) in [6.07, 6.45) is 4.59. The molecule has 2 aliphatic heterocycles. The normalized spacial score (nSPS) is 26.7. The van der Waals surface area contributed by atoms with Gasteiger partial charge >= 0.3 is 5.97 Å². The van der Waals surface area contributed by atoms with Gasteiger partial charge < -0.3 is 14.9 Å². The van der Waals surface area contributed by atoms with Gasteiger partial charge in [-0.25, -0.2) is 4.79 Å². The molecule has 2 rings (SSSR count). The van der Waals surface area contributed by atoms with Crippen LogP contribution in [0.15, 0.2) is 0 Å². The lowest BCUT2D eigenvalue weighted by atomic mass is 9.92. The molecular weight excluding hydrogens is 296 g/mol. The summed E-state index contributed by atoms with van der Waals surface area (Å²) in [6.45, 7) is 5.56. The topological polar surface area (TPSA) is 77.9 Å². The van der Waals surface area contributed by atoms with E-state index in [-0.39, 0.29) is 23.7 Å². The molecule has 3 atom stereocenters. The number of nitrogens with zero attached hydrogens (tertiary/aromatic N) is 2. The number of rotatable bonds is 4. The molecule has 2 aliphatic rings. The fraction of sp³-hybridized carbons (Fsp3) is 0.824. The number of carboxylic acids is 1. The minimum Gasteiger partial charge on any atom is -0.480 e. The Balaban J connectivity index is 2.03. The van der Waals surface area contributed by atoms with E-state index in [0.717, 1.165) is 32.1 Å². The van der Waals surface area contributed by atoms with Crippen LogP contribution in [0.3, 0.4) is 0 Å². The number of amides is 2. The number of piperidine rings is 2. The van der Waals surface area contributed by atoms with E-state index in [0.29, 0.717) is 26.1 Å². The Morgan fingerprint density at radius 1 is 1.13 bits per heavy atom. The number of carbonyl (C=O) groups excluding carboxylic acids is 2. The Labute approximate surface area is 137 Å². The van der Waals surface area contributed by atoms with Gasteiger partial charge in [-0.2, -0.15) is 0 Å². The van der Waals surface area contributed by atoms with Crippen LogP contribution >= 0.6 is 0 Å². The van der Waals surface area contributed by atoms with Gasteiger partial charge in [0, 0.05) is 25.6 Å². The molecule has 0 bridgehead atoms. The van der Waals surface area contributed by atoms with Gasteiger partial charge in [-0.15, -0.1) is 0 Å². The summed E-state index contributed by atoms with van der Waals surface area (Å²) in [5.41, 5.74) is 0. The smallest absolute Gasteiger partial charge is 0.326 e. The van der Waals surface area contributed by atoms with E-state index >= 15 is 0 Å². The van der Waals surface area contributed by atoms with Crippen molar-refractivity contribution in [3.8, 4) is 0 Å². The molecule has 23 heavy (non-hydrogen) atoms. The fourth-order valence-corrected chi connectivity index (χ4v) is 3.55. The third-order valence-electron chi connectivity index (χ3n) is 5.19.